The molecule has 23 heavy (non-hydrogen) atoms. The van der Waals surface area contributed by atoms with Crippen molar-refractivity contribution >= 4 is 16.5 Å². The van der Waals surface area contributed by atoms with Gasteiger partial charge < -0.3 is 9.64 Å². The Morgan fingerprint density at radius 3 is 2.30 bits per heavy atom. The zero-order valence-electron chi connectivity index (χ0n) is 14.1. The Labute approximate surface area is 137 Å². The first-order valence-corrected chi connectivity index (χ1v) is 7.89. The summed E-state index contributed by atoms with van der Waals surface area (Å²) in [7, 11) is 4.08. The van der Waals surface area contributed by atoms with Crippen molar-refractivity contribution in [2.45, 2.75) is 20.0 Å². The van der Waals surface area contributed by atoms with Crippen molar-refractivity contribution in [2.24, 2.45) is 0 Å². The average molecular weight is 306 g/mol. The van der Waals surface area contributed by atoms with Gasteiger partial charge in [-0.05, 0) is 43.5 Å². The number of pyridine rings is 1. The van der Waals surface area contributed by atoms with E-state index in [1.807, 2.05) is 40.1 Å². The van der Waals surface area contributed by atoms with E-state index in [9.17, 15) is 0 Å². The van der Waals surface area contributed by atoms with Crippen LogP contribution in [0.3, 0.4) is 0 Å². The van der Waals surface area contributed by atoms with Crippen molar-refractivity contribution < 1.29 is 4.74 Å². The molecule has 2 aromatic carbocycles. The number of ether oxygens (including phenoxy) is 1. The number of rotatable bonds is 4. The lowest BCUT2D eigenvalue weighted by molar-refractivity contribution is 0.236. The van der Waals surface area contributed by atoms with Gasteiger partial charge in [0.25, 0.3) is 0 Å². The fourth-order valence-electron chi connectivity index (χ4n) is 2.56. The fraction of sp³-hybridized carbons (Fsp3) is 0.250. The van der Waals surface area contributed by atoms with Gasteiger partial charge in [0.05, 0.1) is 11.8 Å². The first kappa shape index (κ1) is 15.3. The maximum Gasteiger partial charge on any atom is 0.222 e. The van der Waals surface area contributed by atoms with E-state index in [4.69, 9.17) is 9.72 Å². The Kier molecular flexibility index (Phi) is 4.20. The third-order valence-electron chi connectivity index (χ3n) is 3.73. The molecule has 3 rings (SSSR count). The number of aromatic nitrogens is 1. The van der Waals surface area contributed by atoms with Crippen LogP contribution in [0.25, 0.3) is 22.0 Å². The van der Waals surface area contributed by atoms with E-state index >= 15 is 0 Å². The van der Waals surface area contributed by atoms with E-state index in [2.05, 4.69) is 47.4 Å². The third kappa shape index (κ3) is 3.29. The minimum atomic E-state index is 0.0947. The summed E-state index contributed by atoms with van der Waals surface area (Å²) in [6.07, 6.45) is 0.0947. The molecule has 0 bridgehead atoms. The quantitative estimate of drug-likeness (QED) is 0.695. The minimum Gasteiger partial charge on any atom is -0.474 e. The normalized spacial score (nSPS) is 11.0. The molecule has 1 heterocycles. The number of hydrogen-bond donors (Lipinski definition) is 0. The first-order valence-electron chi connectivity index (χ1n) is 7.89. The van der Waals surface area contributed by atoms with E-state index in [1.54, 1.807) is 0 Å². The van der Waals surface area contributed by atoms with Crippen LogP contribution in [0.2, 0.25) is 0 Å². The lowest BCUT2D eigenvalue weighted by atomic mass is 10.1. The summed E-state index contributed by atoms with van der Waals surface area (Å²) in [6.45, 7) is 4.05. The highest BCUT2D eigenvalue weighted by molar-refractivity contribution is 5.90. The Morgan fingerprint density at radius 2 is 1.65 bits per heavy atom. The van der Waals surface area contributed by atoms with E-state index in [0.717, 1.165) is 22.0 Å². The smallest absolute Gasteiger partial charge is 0.222 e. The van der Waals surface area contributed by atoms with E-state index in [0.29, 0.717) is 5.88 Å². The Balaban J connectivity index is 2.10. The van der Waals surface area contributed by atoms with Crippen molar-refractivity contribution in [2.75, 3.05) is 19.0 Å². The Morgan fingerprint density at radius 1 is 0.957 bits per heavy atom. The molecular formula is C20H22N2O. The molecule has 0 aliphatic carbocycles. The van der Waals surface area contributed by atoms with Crippen LogP contribution in [-0.2, 0) is 0 Å². The average Bonchev–Trinajstić information content (AvgIpc) is 2.54. The molecule has 3 aromatic rings. The van der Waals surface area contributed by atoms with Crippen LogP contribution in [0.5, 0.6) is 5.88 Å². The molecule has 0 aliphatic rings. The summed E-state index contributed by atoms with van der Waals surface area (Å²) >= 11 is 0. The fourth-order valence-corrected chi connectivity index (χ4v) is 2.56. The Bertz CT molecular complexity index is 807. The molecule has 3 nitrogen and oxygen atoms in total. The molecule has 0 N–H and O–H groups in total. The molecule has 0 fully saturated rings. The minimum absolute atomic E-state index is 0.0947. The number of anilines is 1. The van der Waals surface area contributed by atoms with Gasteiger partial charge in [-0.3, -0.25) is 0 Å². The van der Waals surface area contributed by atoms with Gasteiger partial charge in [0.1, 0.15) is 0 Å². The standard InChI is InChI=1S/C20H22N2O/c1-14(2)23-20-18-8-6-5-7-16(18)13-19(21-20)15-9-11-17(12-10-15)22(3)4/h5-14H,1-4H3. The monoisotopic (exact) mass is 306 g/mol. The molecule has 0 aliphatic heterocycles. The van der Waals surface area contributed by atoms with Crippen molar-refractivity contribution in [3.63, 3.8) is 0 Å². The third-order valence-corrected chi connectivity index (χ3v) is 3.73. The molecule has 0 saturated carbocycles. The van der Waals surface area contributed by atoms with Crippen molar-refractivity contribution in [3.8, 4) is 17.1 Å². The second kappa shape index (κ2) is 6.29. The summed E-state index contributed by atoms with van der Waals surface area (Å²) in [5.41, 5.74) is 3.20. The maximum absolute atomic E-state index is 5.93. The summed E-state index contributed by atoms with van der Waals surface area (Å²) in [6, 6.07) is 18.7. The maximum atomic E-state index is 5.93. The highest BCUT2D eigenvalue weighted by atomic mass is 16.5. The topological polar surface area (TPSA) is 25.4 Å². The van der Waals surface area contributed by atoms with Crippen LogP contribution < -0.4 is 9.64 Å². The molecular weight excluding hydrogens is 284 g/mol. The Hall–Kier alpha value is -2.55. The lowest BCUT2D eigenvalue weighted by Crippen LogP contribution is -2.08. The predicted octanol–water partition coefficient (Wildman–Crippen LogP) is 4.76. The first-order chi connectivity index (χ1) is 11.0. The predicted molar refractivity (Wildman–Crippen MR) is 97.3 cm³/mol. The zero-order chi connectivity index (χ0) is 16.4. The molecule has 0 amide bonds. The van der Waals surface area contributed by atoms with Gasteiger partial charge >= 0.3 is 0 Å². The zero-order valence-corrected chi connectivity index (χ0v) is 14.1. The molecule has 118 valence electrons. The molecule has 0 unspecified atom stereocenters. The van der Waals surface area contributed by atoms with Gasteiger partial charge in [-0.15, -0.1) is 0 Å². The summed E-state index contributed by atoms with van der Waals surface area (Å²) in [5, 5.41) is 2.19. The number of fused-ring (bicyclic) bond motifs is 1. The van der Waals surface area contributed by atoms with Crippen LogP contribution >= 0.6 is 0 Å². The second-order valence-electron chi connectivity index (χ2n) is 6.14. The van der Waals surface area contributed by atoms with Gasteiger partial charge in [0, 0.05) is 30.7 Å². The van der Waals surface area contributed by atoms with Crippen LogP contribution in [0.1, 0.15) is 13.8 Å². The second-order valence-corrected chi connectivity index (χ2v) is 6.14. The molecule has 1 aromatic heterocycles. The van der Waals surface area contributed by atoms with E-state index in [1.165, 1.54) is 5.69 Å². The van der Waals surface area contributed by atoms with Gasteiger partial charge in [-0.1, -0.05) is 30.3 Å². The molecule has 0 atom stereocenters. The highest BCUT2D eigenvalue weighted by Crippen LogP contribution is 2.30. The van der Waals surface area contributed by atoms with Gasteiger partial charge in [0.15, 0.2) is 0 Å². The number of hydrogen-bond acceptors (Lipinski definition) is 3. The summed E-state index contributed by atoms with van der Waals surface area (Å²) < 4.78 is 5.93. The van der Waals surface area contributed by atoms with Crippen LogP contribution in [0.4, 0.5) is 5.69 Å². The highest BCUT2D eigenvalue weighted by Gasteiger charge is 2.10. The summed E-state index contributed by atoms with van der Waals surface area (Å²) in [5.74, 6) is 0.699. The number of benzene rings is 2. The molecule has 0 radical (unpaired) electrons. The lowest BCUT2D eigenvalue weighted by Gasteiger charge is -2.15. The van der Waals surface area contributed by atoms with Crippen LogP contribution in [0, 0.1) is 0 Å². The van der Waals surface area contributed by atoms with E-state index in [-0.39, 0.29) is 6.10 Å². The molecule has 0 saturated heterocycles. The number of nitrogens with zero attached hydrogens (tertiary/aromatic N) is 2. The molecule has 0 spiro atoms. The van der Waals surface area contributed by atoms with Gasteiger partial charge in [-0.25, -0.2) is 4.98 Å². The summed E-state index contributed by atoms with van der Waals surface area (Å²) in [4.78, 5) is 6.84. The SMILES string of the molecule is CC(C)Oc1nc(-c2ccc(N(C)C)cc2)cc2ccccc12. The van der Waals surface area contributed by atoms with E-state index < -0.39 is 0 Å². The van der Waals surface area contributed by atoms with Crippen molar-refractivity contribution in [1.29, 1.82) is 0 Å². The van der Waals surface area contributed by atoms with Crippen molar-refractivity contribution in [1.82, 2.24) is 4.98 Å². The largest absolute Gasteiger partial charge is 0.474 e. The molecule has 3 heteroatoms. The van der Waals surface area contributed by atoms with Gasteiger partial charge in [-0.2, -0.15) is 0 Å². The van der Waals surface area contributed by atoms with Crippen LogP contribution in [-0.4, -0.2) is 25.2 Å². The van der Waals surface area contributed by atoms with Crippen molar-refractivity contribution in [3.05, 3.63) is 54.6 Å². The van der Waals surface area contributed by atoms with Gasteiger partial charge in [0.2, 0.25) is 5.88 Å². The van der Waals surface area contributed by atoms with Crippen LogP contribution in [0.15, 0.2) is 54.6 Å².